The summed E-state index contributed by atoms with van der Waals surface area (Å²) in [5, 5.41) is 2.73. The maximum Gasteiger partial charge on any atom is 0.255 e. The smallest absolute Gasteiger partial charge is 0.255 e. The molecular formula is C17H19BrN2O3S. The Morgan fingerprint density at radius 1 is 1.08 bits per heavy atom. The number of sulfonamides is 1. The molecule has 0 atom stereocenters. The van der Waals surface area contributed by atoms with E-state index in [4.69, 9.17) is 0 Å². The van der Waals surface area contributed by atoms with E-state index in [1.54, 1.807) is 44.2 Å². The summed E-state index contributed by atoms with van der Waals surface area (Å²) in [4.78, 5) is 12.4. The monoisotopic (exact) mass is 410 g/mol. The molecule has 0 aliphatic carbocycles. The number of nitrogens with one attached hydrogen (secondary N) is 1. The fourth-order valence-corrected chi connectivity index (χ4v) is 4.18. The van der Waals surface area contributed by atoms with Gasteiger partial charge in [0.25, 0.3) is 5.91 Å². The van der Waals surface area contributed by atoms with Crippen molar-refractivity contribution in [1.29, 1.82) is 0 Å². The van der Waals surface area contributed by atoms with E-state index in [0.717, 1.165) is 4.47 Å². The number of anilines is 1. The fourth-order valence-electron chi connectivity index (χ4n) is 2.28. The topological polar surface area (TPSA) is 66.5 Å². The lowest BCUT2D eigenvalue weighted by Gasteiger charge is -2.18. The van der Waals surface area contributed by atoms with Crippen LogP contribution in [-0.4, -0.2) is 31.7 Å². The van der Waals surface area contributed by atoms with E-state index < -0.39 is 10.0 Å². The molecule has 0 fully saturated rings. The van der Waals surface area contributed by atoms with Crippen LogP contribution in [0.15, 0.2) is 57.9 Å². The van der Waals surface area contributed by atoms with Crippen LogP contribution in [0.1, 0.15) is 24.2 Å². The van der Waals surface area contributed by atoms with Gasteiger partial charge in [-0.3, -0.25) is 4.79 Å². The third-order valence-corrected chi connectivity index (χ3v) is 6.06. The summed E-state index contributed by atoms with van der Waals surface area (Å²) in [6.07, 6.45) is 0. The van der Waals surface area contributed by atoms with Crippen molar-refractivity contribution in [2.45, 2.75) is 18.7 Å². The van der Waals surface area contributed by atoms with Crippen molar-refractivity contribution in [2.24, 2.45) is 0 Å². The summed E-state index contributed by atoms with van der Waals surface area (Å²) in [5.41, 5.74) is 0.926. The number of carbonyl (C=O) groups is 1. The van der Waals surface area contributed by atoms with Gasteiger partial charge in [-0.05, 0) is 36.4 Å². The highest BCUT2D eigenvalue weighted by molar-refractivity contribution is 9.10. The van der Waals surface area contributed by atoms with Gasteiger partial charge in [0.2, 0.25) is 10.0 Å². The third kappa shape index (κ3) is 4.23. The summed E-state index contributed by atoms with van der Waals surface area (Å²) in [6, 6.07) is 13.3. The zero-order chi connectivity index (χ0) is 17.7. The Kier molecular flexibility index (Phi) is 6.15. The standard InChI is InChI=1S/C17H19BrN2O3S/c1-3-20(4-2)24(22,23)16-10-6-9-15(12-16)19-17(21)13-7-5-8-14(18)11-13/h5-12H,3-4H2,1-2H3,(H,19,21). The molecule has 24 heavy (non-hydrogen) atoms. The molecule has 0 heterocycles. The van der Waals surface area contributed by atoms with Crippen LogP contribution < -0.4 is 5.32 Å². The average molecular weight is 411 g/mol. The first-order valence-electron chi connectivity index (χ1n) is 7.55. The number of benzene rings is 2. The molecule has 128 valence electrons. The fraction of sp³-hybridized carbons (Fsp3) is 0.235. The largest absolute Gasteiger partial charge is 0.322 e. The zero-order valence-corrected chi connectivity index (χ0v) is 15.9. The van der Waals surface area contributed by atoms with Gasteiger partial charge in [0.15, 0.2) is 0 Å². The van der Waals surface area contributed by atoms with Crippen LogP contribution in [0.3, 0.4) is 0 Å². The van der Waals surface area contributed by atoms with Crippen LogP contribution in [0.25, 0.3) is 0 Å². The lowest BCUT2D eigenvalue weighted by molar-refractivity contribution is 0.102. The number of hydrogen-bond acceptors (Lipinski definition) is 3. The molecule has 0 aliphatic heterocycles. The Labute approximate surface area is 150 Å². The van der Waals surface area contributed by atoms with Gasteiger partial charge >= 0.3 is 0 Å². The summed E-state index contributed by atoms with van der Waals surface area (Å²) in [7, 11) is -3.56. The molecule has 2 aromatic rings. The Balaban J connectivity index is 2.26. The van der Waals surface area contributed by atoms with E-state index in [9.17, 15) is 13.2 Å². The number of carbonyl (C=O) groups excluding carboxylic acids is 1. The number of nitrogens with zero attached hydrogens (tertiary/aromatic N) is 1. The second kappa shape index (κ2) is 7.92. The van der Waals surface area contributed by atoms with Crippen molar-refractivity contribution >= 4 is 37.5 Å². The lowest BCUT2D eigenvalue weighted by atomic mass is 10.2. The molecule has 0 unspecified atom stereocenters. The van der Waals surface area contributed by atoms with E-state index >= 15 is 0 Å². The second-order valence-corrected chi connectivity index (χ2v) is 7.94. The molecule has 0 aromatic heterocycles. The molecule has 0 bridgehead atoms. The molecule has 1 N–H and O–H groups in total. The quantitative estimate of drug-likeness (QED) is 0.788. The molecule has 7 heteroatoms. The minimum Gasteiger partial charge on any atom is -0.322 e. The van der Waals surface area contributed by atoms with Gasteiger partial charge in [0.05, 0.1) is 4.90 Å². The van der Waals surface area contributed by atoms with Crippen LogP contribution in [-0.2, 0) is 10.0 Å². The van der Waals surface area contributed by atoms with Gasteiger partial charge in [-0.25, -0.2) is 8.42 Å². The van der Waals surface area contributed by atoms with Crippen LogP contribution in [0.4, 0.5) is 5.69 Å². The van der Waals surface area contributed by atoms with E-state index in [-0.39, 0.29) is 10.8 Å². The van der Waals surface area contributed by atoms with E-state index in [1.165, 1.54) is 16.4 Å². The molecule has 2 rings (SSSR count). The number of rotatable bonds is 6. The summed E-state index contributed by atoms with van der Waals surface area (Å²) >= 11 is 3.32. The predicted octanol–water partition coefficient (Wildman–Crippen LogP) is 3.73. The lowest BCUT2D eigenvalue weighted by Crippen LogP contribution is -2.30. The molecule has 0 radical (unpaired) electrons. The molecule has 2 aromatic carbocycles. The van der Waals surface area contributed by atoms with Crippen LogP contribution in [0.2, 0.25) is 0 Å². The maximum atomic E-state index is 12.6. The summed E-state index contributed by atoms with van der Waals surface area (Å²) < 4.78 is 27.3. The third-order valence-electron chi connectivity index (χ3n) is 3.52. The SMILES string of the molecule is CCN(CC)S(=O)(=O)c1cccc(NC(=O)c2cccc(Br)c2)c1. The molecule has 0 saturated carbocycles. The Morgan fingerprint density at radius 3 is 2.38 bits per heavy atom. The Bertz CT molecular complexity index is 833. The van der Waals surface area contributed by atoms with Gasteiger partial charge in [-0.2, -0.15) is 4.31 Å². The number of halogens is 1. The molecule has 0 spiro atoms. The van der Waals surface area contributed by atoms with Crippen LogP contribution in [0, 0.1) is 0 Å². The van der Waals surface area contributed by atoms with E-state index in [1.807, 2.05) is 6.07 Å². The van der Waals surface area contributed by atoms with Crippen LogP contribution in [0.5, 0.6) is 0 Å². The van der Waals surface area contributed by atoms with Crippen molar-refractivity contribution in [1.82, 2.24) is 4.31 Å². The van der Waals surface area contributed by atoms with Gasteiger partial charge in [0, 0.05) is 28.8 Å². The van der Waals surface area contributed by atoms with Crippen molar-refractivity contribution in [3.63, 3.8) is 0 Å². The average Bonchev–Trinajstić information content (AvgIpc) is 2.56. The van der Waals surface area contributed by atoms with Gasteiger partial charge < -0.3 is 5.32 Å². The zero-order valence-electron chi connectivity index (χ0n) is 13.5. The summed E-state index contributed by atoms with van der Waals surface area (Å²) in [6.45, 7) is 4.38. The Morgan fingerprint density at radius 2 is 1.75 bits per heavy atom. The van der Waals surface area contributed by atoms with Crippen molar-refractivity contribution < 1.29 is 13.2 Å². The first-order chi connectivity index (χ1) is 11.4. The van der Waals surface area contributed by atoms with Crippen molar-refractivity contribution in [2.75, 3.05) is 18.4 Å². The number of hydrogen-bond donors (Lipinski definition) is 1. The molecule has 1 amide bonds. The van der Waals surface area contributed by atoms with Gasteiger partial charge in [-0.15, -0.1) is 0 Å². The molecule has 5 nitrogen and oxygen atoms in total. The normalized spacial score (nSPS) is 11.5. The first kappa shape index (κ1) is 18.6. The minimum atomic E-state index is -3.56. The van der Waals surface area contributed by atoms with E-state index in [0.29, 0.717) is 24.3 Å². The molecule has 0 saturated heterocycles. The predicted molar refractivity (Wildman–Crippen MR) is 98.6 cm³/mol. The molecular weight excluding hydrogens is 392 g/mol. The molecule has 0 aliphatic rings. The Hall–Kier alpha value is -1.70. The van der Waals surface area contributed by atoms with Gasteiger partial charge in [0.1, 0.15) is 0 Å². The number of amides is 1. The second-order valence-electron chi connectivity index (χ2n) is 5.08. The summed E-state index contributed by atoms with van der Waals surface area (Å²) in [5.74, 6) is -0.298. The van der Waals surface area contributed by atoms with Crippen molar-refractivity contribution in [3.05, 3.63) is 58.6 Å². The highest BCUT2D eigenvalue weighted by Crippen LogP contribution is 2.20. The van der Waals surface area contributed by atoms with E-state index in [2.05, 4.69) is 21.2 Å². The van der Waals surface area contributed by atoms with Crippen molar-refractivity contribution in [3.8, 4) is 0 Å². The van der Waals surface area contributed by atoms with Gasteiger partial charge in [-0.1, -0.05) is 41.9 Å². The highest BCUT2D eigenvalue weighted by atomic mass is 79.9. The first-order valence-corrected chi connectivity index (χ1v) is 9.79. The minimum absolute atomic E-state index is 0.165. The highest BCUT2D eigenvalue weighted by Gasteiger charge is 2.21. The van der Waals surface area contributed by atoms with Crippen LogP contribution >= 0.6 is 15.9 Å². The maximum absolute atomic E-state index is 12.6.